The lowest BCUT2D eigenvalue weighted by Crippen LogP contribution is -2.23. The van der Waals surface area contributed by atoms with Gasteiger partial charge in [-0.05, 0) is 47.9 Å². The van der Waals surface area contributed by atoms with Crippen molar-refractivity contribution in [1.29, 1.82) is 0 Å². The molecule has 3 heteroatoms. The minimum Gasteiger partial charge on any atom is -0.465 e. The van der Waals surface area contributed by atoms with Gasteiger partial charge in [-0.1, -0.05) is 6.07 Å². The Morgan fingerprint density at radius 2 is 1.71 bits per heavy atom. The number of rotatable bonds is 1. The Bertz CT molecular complexity index is 407. The van der Waals surface area contributed by atoms with E-state index in [1.807, 2.05) is 0 Å². The number of benzene rings is 1. The lowest BCUT2D eigenvalue weighted by molar-refractivity contribution is 0.209. The second-order valence-electron chi connectivity index (χ2n) is 3.96. The van der Waals surface area contributed by atoms with Crippen LogP contribution >= 0.6 is 0 Å². The second kappa shape index (κ2) is 2.50. The van der Waals surface area contributed by atoms with Gasteiger partial charge in [-0.3, -0.25) is 5.32 Å². The smallest absolute Gasteiger partial charge is 0.409 e. The summed E-state index contributed by atoms with van der Waals surface area (Å²) >= 11 is 0. The summed E-state index contributed by atoms with van der Waals surface area (Å²) in [5, 5.41) is 11.3. The number of amides is 1. The molecule has 1 amide bonds. The first-order valence-electron chi connectivity index (χ1n) is 4.92. The van der Waals surface area contributed by atoms with Crippen molar-refractivity contribution in [3.8, 4) is 0 Å². The van der Waals surface area contributed by atoms with E-state index in [1.165, 1.54) is 22.3 Å². The Labute approximate surface area is 81.8 Å². The van der Waals surface area contributed by atoms with Crippen molar-refractivity contribution in [1.82, 2.24) is 0 Å². The number of nitrogens with one attached hydrogen (secondary N) is 1. The quantitative estimate of drug-likeness (QED) is 0.709. The van der Waals surface area contributed by atoms with E-state index in [0.717, 1.165) is 31.4 Å². The molecular weight excluding hydrogens is 178 g/mol. The van der Waals surface area contributed by atoms with Crippen LogP contribution in [0.1, 0.15) is 22.3 Å². The molecule has 1 aromatic carbocycles. The first kappa shape index (κ1) is 7.85. The van der Waals surface area contributed by atoms with Gasteiger partial charge in [0.25, 0.3) is 0 Å². The van der Waals surface area contributed by atoms with Crippen LogP contribution in [0.2, 0.25) is 0 Å². The largest absolute Gasteiger partial charge is 0.465 e. The third-order valence-electron chi connectivity index (χ3n) is 3.25. The maximum Gasteiger partial charge on any atom is 0.409 e. The fourth-order valence-electron chi connectivity index (χ4n) is 2.33. The maximum absolute atomic E-state index is 10.6. The number of hydrogen-bond acceptors (Lipinski definition) is 1. The van der Waals surface area contributed by atoms with Crippen molar-refractivity contribution in [3.05, 3.63) is 28.3 Å². The van der Waals surface area contributed by atoms with E-state index < -0.39 is 6.09 Å². The monoisotopic (exact) mass is 189 g/mol. The molecule has 0 fully saturated rings. The maximum atomic E-state index is 10.6. The molecule has 0 unspecified atom stereocenters. The summed E-state index contributed by atoms with van der Waals surface area (Å²) in [6.45, 7) is 0. The third-order valence-corrected chi connectivity index (χ3v) is 3.25. The van der Waals surface area contributed by atoms with Crippen LogP contribution < -0.4 is 5.32 Å². The molecule has 2 N–H and O–H groups in total. The number of anilines is 1. The molecule has 72 valence electrons. The van der Waals surface area contributed by atoms with Crippen LogP contribution in [0, 0.1) is 0 Å². The highest BCUT2D eigenvalue weighted by Gasteiger charge is 2.27. The van der Waals surface area contributed by atoms with Crippen LogP contribution in [0.3, 0.4) is 0 Å². The van der Waals surface area contributed by atoms with E-state index in [-0.39, 0.29) is 0 Å². The van der Waals surface area contributed by atoms with Crippen molar-refractivity contribution in [3.63, 3.8) is 0 Å². The van der Waals surface area contributed by atoms with Crippen LogP contribution in [0.4, 0.5) is 10.5 Å². The fourth-order valence-corrected chi connectivity index (χ4v) is 2.33. The zero-order chi connectivity index (χ0) is 9.71. The Morgan fingerprint density at radius 1 is 1.14 bits per heavy atom. The number of carbonyl (C=O) groups is 1. The molecule has 0 saturated heterocycles. The summed E-state index contributed by atoms with van der Waals surface area (Å²) < 4.78 is 0. The molecule has 0 aromatic heterocycles. The number of aryl methyl sites for hydroxylation is 2. The van der Waals surface area contributed by atoms with Gasteiger partial charge in [0.15, 0.2) is 0 Å². The molecule has 3 nitrogen and oxygen atoms in total. The SMILES string of the molecule is O=C(O)Nc1c2c(cc3c1CC3)CC2. The molecule has 0 saturated carbocycles. The summed E-state index contributed by atoms with van der Waals surface area (Å²) in [6, 6.07) is 2.24. The van der Waals surface area contributed by atoms with Crippen molar-refractivity contribution in [2.45, 2.75) is 25.7 Å². The molecule has 3 rings (SSSR count). The molecule has 0 aliphatic heterocycles. The molecule has 0 atom stereocenters. The van der Waals surface area contributed by atoms with Crippen LogP contribution in [0.15, 0.2) is 6.07 Å². The van der Waals surface area contributed by atoms with Gasteiger partial charge in [0.1, 0.15) is 0 Å². The van der Waals surface area contributed by atoms with Crippen molar-refractivity contribution in [2.75, 3.05) is 5.32 Å². The third kappa shape index (κ3) is 0.895. The van der Waals surface area contributed by atoms with Gasteiger partial charge < -0.3 is 5.11 Å². The first-order valence-corrected chi connectivity index (χ1v) is 4.92. The van der Waals surface area contributed by atoms with Crippen molar-refractivity contribution in [2.24, 2.45) is 0 Å². The van der Waals surface area contributed by atoms with Gasteiger partial charge in [-0.15, -0.1) is 0 Å². The van der Waals surface area contributed by atoms with Crippen molar-refractivity contribution < 1.29 is 9.90 Å². The zero-order valence-electron chi connectivity index (χ0n) is 7.76. The van der Waals surface area contributed by atoms with Crippen LogP contribution in [0.5, 0.6) is 0 Å². The molecular formula is C11H11NO2. The van der Waals surface area contributed by atoms with Gasteiger partial charge in [-0.25, -0.2) is 4.79 Å². The average Bonchev–Trinajstić information content (AvgIpc) is 1.97. The normalized spacial score (nSPS) is 16.0. The average molecular weight is 189 g/mol. The van der Waals surface area contributed by atoms with Crippen molar-refractivity contribution >= 4 is 11.8 Å². The molecule has 1 aromatic rings. The Kier molecular flexibility index (Phi) is 1.40. The van der Waals surface area contributed by atoms with E-state index in [1.54, 1.807) is 0 Å². The molecule has 0 heterocycles. The highest BCUT2D eigenvalue weighted by Crippen LogP contribution is 2.40. The Morgan fingerprint density at radius 3 is 2.07 bits per heavy atom. The van der Waals surface area contributed by atoms with Gasteiger partial charge >= 0.3 is 6.09 Å². The Hall–Kier alpha value is -1.51. The van der Waals surface area contributed by atoms with E-state index in [0.29, 0.717) is 0 Å². The highest BCUT2D eigenvalue weighted by molar-refractivity contribution is 5.87. The predicted molar refractivity (Wildman–Crippen MR) is 52.9 cm³/mol. The van der Waals surface area contributed by atoms with Crippen LogP contribution in [-0.2, 0) is 25.7 Å². The summed E-state index contributed by atoms with van der Waals surface area (Å²) in [7, 11) is 0. The minimum atomic E-state index is -0.945. The van der Waals surface area contributed by atoms with Crippen LogP contribution in [-0.4, -0.2) is 11.2 Å². The van der Waals surface area contributed by atoms with Gasteiger partial charge in [0.05, 0.1) is 5.69 Å². The first-order chi connectivity index (χ1) is 6.75. The predicted octanol–water partition coefficient (Wildman–Crippen LogP) is 1.97. The minimum absolute atomic E-state index is 0.891. The summed E-state index contributed by atoms with van der Waals surface area (Å²) in [5.74, 6) is 0. The molecule has 0 radical (unpaired) electrons. The van der Waals surface area contributed by atoms with Gasteiger partial charge in [0, 0.05) is 0 Å². The number of carboxylic acid groups (broad SMARTS) is 1. The number of hydrogen-bond donors (Lipinski definition) is 2. The topological polar surface area (TPSA) is 49.3 Å². The summed E-state index contributed by atoms with van der Waals surface area (Å²) in [5.41, 5.74) is 6.03. The molecule has 0 spiro atoms. The zero-order valence-corrected chi connectivity index (χ0v) is 7.76. The second-order valence-corrected chi connectivity index (χ2v) is 3.96. The highest BCUT2D eigenvalue weighted by atomic mass is 16.4. The standard InChI is InChI=1S/C11H11NO2/c13-11(14)12-10-8-3-1-6(8)5-7-2-4-9(7)10/h5,12H,1-4H2,(H,13,14). The summed E-state index contributed by atoms with van der Waals surface area (Å²) in [6.07, 6.45) is 3.32. The van der Waals surface area contributed by atoms with E-state index >= 15 is 0 Å². The van der Waals surface area contributed by atoms with Crippen LogP contribution in [0.25, 0.3) is 0 Å². The molecule has 14 heavy (non-hydrogen) atoms. The lowest BCUT2D eigenvalue weighted by atomic mass is 9.76. The van der Waals surface area contributed by atoms with E-state index in [2.05, 4.69) is 11.4 Å². The molecule has 2 aliphatic rings. The van der Waals surface area contributed by atoms with Gasteiger partial charge in [-0.2, -0.15) is 0 Å². The Balaban J connectivity index is 2.12. The van der Waals surface area contributed by atoms with E-state index in [9.17, 15) is 4.79 Å². The fraction of sp³-hybridized carbons (Fsp3) is 0.364. The van der Waals surface area contributed by atoms with E-state index in [4.69, 9.17) is 5.11 Å². The molecule has 2 aliphatic carbocycles. The summed E-state index contributed by atoms with van der Waals surface area (Å²) in [4.78, 5) is 10.6. The molecule has 0 bridgehead atoms. The number of fused-ring (bicyclic) bond motifs is 2. The van der Waals surface area contributed by atoms with Gasteiger partial charge in [0.2, 0.25) is 0 Å². The lowest BCUT2D eigenvalue weighted by Gasteiger charge is -2.31.